The molecule has 0 bridgehead atoms. The molecule has 0 amide bonds. The number of carbonyl (C=O) groups excluding carboxylic acids is 2. The van der Waals surface area contributed by atoms with Crippen LogP contribution in [-0.4, -0.2) is 23.5 Å². The van der Waals surface area contributed by atoms with E-state index in [9.17, 15) is 0 Å². The Morgan fingerprint density at radius 1 is 1.71 bits per heavy atom. The van der Waals surface area contributed by atoms with Gasteiger partial charge in [-0.15, -0.1) is 0 Å². The van der Waals surface area contributed by atoms with Crippen molar-refractivity contribution in [2.24, 2.45) is 0 Å². The number of isocyanates is 1. The highest BCUT2D eigenvalue weighted by Gasteiger charge is 2.00. The predicted octanol–water partition coefficient (Wildman–Crippen LogP) is -2.12. The van der Waals surface area contributed by atoms with Crippen molar-refractivity contribution in [3.63, 3.8) is 0 Å². The molecule has 0 aliphatic carbocycles. The molecule has 0 aliphatic heterocycles. The summed E-state index contributed by atoms with van der Waals surface area (Å²) < 4.78 is 0. The van der Waals surface area contributed by atoms with Gasteiger partial charge in [0.05, 0.1) is 0 Å². The van der Waals surface area contributed by atoms with Crippen LogP contribution >= 0.6 is 0 Å². The molecule has 7 heavy (non-hydrogen) atoms. The fraction of sp³-hybridized carbons (Fsp3) is 0. The summed E-state index contributed by atoms with van der Waals surface area (Å²) in [5.74, 6) is 0. The zero-order valence-corrected chi connectivity index (χ0v) is 4.25. The molecule has 0 atom stereocenters. The van der Waals surface area contributed by atoms with E-state index in [-0.39, 0.29) is 11.0 Å². The van der Waals surface area contributed by atoms with Crippen molar-refractivity contribution in [1.29, 1.82) is 0 Å². The molecule has 0 saturated heterocycles. The summed E-state index contributed by atoms with van der Waals surface area (Å²) in [6.45, 7) is -0.500. The van der Waals surface area contributed by atoms with Crippen LogP contribution in [0, 0.1) is 0 Å². The van der Waals surface area contributed by atoms with E-state index in [1.165, 1.54) is 0 Å². The van der Waals surface area contributed by atoms with Gasteiger partial charge in [0.2, 0.25) is 0 Å². The molecule has 36 valence electrons. The van der Waals surface area contributed by atoms with Gasteiger partial charge in [-0.05, 0) is 6.08 Å². The molecule has 0 rings (SSSR count). The Balaban J connectivity index is -0.0000000400. The van der Waals surface area contributed by atoms with E-state index < -0.39 is 6.47 Å². The molecule has 0 saturated carbocycles. The van der Waals surface area contributed by atoms with E-state index in [4.69, 9.17) is 20.1 Å². The minimum Gasteiger partial charge on any atom is -0.724 e. The average Bonchev–Trinajstić information content (AvgIpc) is 1.39. The van der Waals surface area contributed by atoms with Gasteiger partial charge in [-0.3, -0.25) is 4.79 Å². The second-order valence-electron chi connectivity index (χ2n) is 0.188. The number of rotatable bonds is 0. The molecule has 0 aliphatic rings. The lowest BCUT2D eigenvalue weighted by Crippen LogP contribution is -2.01. The summed E-state index contributed by atoms with van der Waals surface area (Å²) in [4.78, 5) is 16.5. The highest BCUT2D eigenvalue weighted by molar-refractivity contribution is 5.75. The third-order valence-electron chi connectivity index (χ3n) is 0. The summed E-state index contributed by atoms with van der Waals surface area (Å²) in [6.07, 6.45) is 0.500. The van der Waals surface area contributed by atoms with Gasteiger partial charge in [0.1, 0.15) is 0 Å². The quantitative estimate of drug-likeness (QED) is 0.157. The molecule has 4 nitrogen and oxygen atoms in total. The van der Waals surface area contributed by atoms with Gasteiger partial charge in [0.15, 0.2) is 0 Å². The van der Waals surface area contributed by atoms with E-state index in [1.54, 1.807) is 0 Å². The maximum Gasteiger partial charge on any atom is 2.00 e. The predicted molar refractivity (Wildman–Crippen MR) is 20.9 cm³/mol. The van der Waals surface area contributed by atoms with Crippen molar-refractivity contribution in [2.75, 3.05) is 0 Å². The normalized spacial score (nSPS) is 2.86. The Bertz CT molecular complexity index is 58.0. The van der Waals surface area contributed by atoms with Crippen LogP contribution < -0.4 is 5.11 Å². The van der Waals surface area contributed by atoms with Crippen LogP contribution in [0.3, 0.4) is 0 Å². The first-order valence-corrected chi connectivity index (χ1v) is 0.899. The number of carboxylic acid groups (broad SMARTS) is 1. The third-order valence-corrected chi connectivity index (χ3v) is 0. The maximum atomic E-state index is 8.25. The number of hydrogen-bond acceptors (Lipinski definition) is 3. The lowest BCUT2D eigenvalue weighted by atomic mass is 11.7. The Kier molecular flexibility index (Phi) is 174. The lowest BCUT2D eigenvalue weighted by Gasteiger charge is -1.52. The Morgan fingerprint density at radius 2 is 1.71 bits per heavy atom. The third kappa shape index (κ3) is 54.7. The van der Waals surface area contributed by atoms with Crippen LogP contribution in [0.4, 0.5) is 0 Å². The molecule has 0 aromatic carbocycles. The standard InChI is InChI=1S/CNO.CH2O2.Si/c2*2-1-3;/h;1H,(H,2,3);/q-1;;+2/p-1. The highest BCUT2D eigenvalue weighted by atomic mass is 28.1. The van der Waals surface area contributed by atoms with E-state index in [0.717, 1.165) is 0 Å². The second-order valence-corrected chi connectivity index (χ2v) is 0.188. The van der Waals surface area contributed by atoms with Crippen LogP contribution in [0.2, 0.25) is 0 Å². The first-order chi connectivity index (χ1) is 2.83. The molecule has 2 radical (unpaired) electrons. The molecule has 0 fully saturated rings. The summed E-state index contributed by atoms with van der Waals surface area (Å²) in [6, 6.07) is 0. The van der Waals surface area contributed by atoms with Crippen LogP contribution in [0.25, 0.3) is 5.41 Å². The van der Waals surface area contributed by atoms with Crippen molar-refractivity contribution >= 4 is 23.5 Å². The van der Waals surface area contributed by atoms with Gasteiger partial charge in [0.25, 0.3) is 0 Å². The minimum absolute atomic E-state index is 0. The smallest absolute Gasteiger partial charge is 0.724 e. The average molecular weight is 115 g/mol. The van der Waals surface area contributed by atoms with Gasteiger partial charge in [-0.2, -0.15) is 0 Å². The van der Waals surface area contributed by atoms with Gasteiger partial charge >= 0.3 is 11.0 Å². The van der Waals surface area contributed by atoms with Crippen LogP contribution in [0.15, 0.2) is 0 Å². The van der Waals surface area contributed by atoms with Crippen molar-refractivity contribution < 1.29 is 14.7 Å². The van der Waals surface area contributed by atoms with Gasteiger partial charge < -0.3 is 15.3 Å². The first kappa shape index (κ1) is 16.6. The Morgan fingerprint density at radius 3 is 1.71 bits per heavy atom. The zero-order valence-electron chi connectivity index (χ0n) is 3.25. The van der Waals surface area contributed by atoms with Gasteiger partial charge in [0, 0.05) is 6.47 Å². The zero-order chi connectivity index (χ0) is 5.41. The summed E-state index contributed by atoms with van der Waals surface area (Å²) in [7, 11) is 0. The first-order valence-electron chi connectivity index (χ1n) is 0.899. The van der Waals surface area contributed by atoms with Crippen LogP contribution in [0.1, 0.15) is 0 Å². The van der Waals surface area contributed by atoms with E-state index in [1.807, 2.05) is 0 Å². The lowest BCUT2D eigenvalue weighted by molar-refractivity contribution is -0.283. The van der Waals surface area contributed by atoms with Gasteiger partial charge in [-0.25, -0.2) is 0 Å². The molecular weight excluding hydrogens is 114 g/mol. The van der Waals surface area contributed by atoms with Crippen LogP contribution in [0.5, 0.6) is 0 Å². The molecule has 0 spiro atoms. The minimum atomic E-state index is -0.500. The summed E-state index contributed by atoms with van der Waals surface area (Å²) in [5.41, 5.74) is 0. The van der Waals surface area contributed by atoms with E-state index in [0.29, 0.717) is 6.08 Å². The maximum absolute atomic E-state index is 8.25. The molecule has 0 unspecified atom stereocenters. The summed E-state index contributed by atoms with van der Waals surface area (Å²) in [5, 5.41) is 15.0. The highest BCUT2D eigenvalue weighted by Crippen LogP contribution is 0.949. The van der Waals surface area contributed by atoms with Crippen molar-refractivity contribution in [3.05, 3.63) is 5.41 Å². The van der Waals surface area contributed by atoms with Crippen molar-refractivity contribution in [3.8, 4) is 0 Å². The topological polar surface area (TPSA) is 79.5 Å². The monoisotopic (exact) mass is 115 g/mol. The Labute approximate surface area is 44.7 Å². The Hall–Kier alpha value is -0.933. The number of nitrogens with zero attached hydrogens (tertiary/aromatic N) is 1. The van der Waals surface area contributed by atoms with E-state index >= 15 is 0 Å². The van der Waals surface area contributed by atoms with E-state index in [2.05, 4.69) is 0 Å². The number of carbonyl (C=O) groups is 1. The van der Waals surface area contributed by atoms with Crippen molar-refractivity contribution in [2.45, 2.75) is 0 Å². The largest absolute Gasteiger partial charge is 2.00 e. The molecule has 5 heteroatoms. The summed E-state index contributed by atoms with van der Waals surface area (Å²) >= 11 is 0. The fourth-order valence-electron chi connectivity index (χ4n) is 0. The molecular formula is C2HNO3Si. The molecule has 0 aromatic heterocycles. The van der Waals surface area contributed by atoms with Gasteiger partial charge in [-0.1, -0.05) is 0 Å². The molecule has 0 aromatic rings. The van der Waals surface area contributed by atoms with Crippen LogP contribution in [-0.2, 0) is 9.59 Å². The molecule has 0 heterocycles. The second kappa shape index (κ2) is 73.6. The fourth-order valence-corrected chi connectivity index (χ4v) is 0. The SMILES string of the molecule is O=C[O-].[N-]=C=O.[Si+2]. The van der Waals surface area contributed by atoms with Crippen molar-refractivity contribution in [1.82, 2.24) is 0 Å². The number of hydrogen-bond donors (Lipinski definition) is 0. The molecule has 0 N–H and O–H groups in total.